The minimum atomic E-state index is 0.460. The van der Waals surface area contributed by atoms with Crippen LogP contribution in [0.4, 0.5) is 0 Å². The van der Waals surface area contributed by atoms with Crippen LogP contribution >= 0.6 is 0 Å². The molecular formula is C48H46. The first-order valence-corrected chi connectivity index (χ1v) is 19.0. The maximum atomic E-state index is 2.67. The SMILES string of the molecule is C1=CC(C2C=c3c4c(c5c(c3=CC2)C=CCC5)CCC=C4)CC(C2=CC(C3=CC4C5=C(CCC=C5)C5=C(C=CCC5)C4C=C3)=CCC2)=C1. The molecule has 4 atom stereocenters. The van der Waals surface area contributed by atoms with Crippen LogP contribution < -0.4 is 10.4 Å². The van der Waals surface area contributed by atoms with E-state index >= 15 is 0 Å². The molecule has 0 spiro atoms. The average Bonchev–Trinajstić information content (AvgIpc) is 3.18. The number of allylic oxidation sites excluding steroid dienone is 22. The van der Waals surface area contributed by atoms with Gasteiger partial charge in [-0.15, -0.1) is 0 Å². The molecule has 0 aliphatic heterocycles. The van der Waals surface area contributed by atoms with Gasteiger partial charge in [0.2, 0.25) is 0 Å². The molecule has 1 aromatic carbocycles. The highest BCUT2D eigenvalue weighted by Crippen LogP contribution is 2.50. The Hall–Kier alpha value is -4.16. The smallest absolute Gasteiger partial charge is 0.0134 e. The topological polar surface area (TPSA) is 0 Å². The minimum absolute atomic E-state index is 0.460. The van der Waals surface area contributed by atoms with E-state index in [2.05, 4.69) is 109 Å². The van der Waals surface area contributed by atoms with Crippen LogP contribution in [0.2, 0.25) is 0 Å². The first-order valence-electron chi connectivity index (χ1n) is 19.0. The maximum Gasteiger partial charge on any atom is 0.0134 e. The quantitative estimate of drug-likeness (QED) is 0.315. The summed E-state index contributed by atoms with van der Waals surface area (Å²) in [4.78, 5) is 0. The van der Waals surface area contributed by atoms with Crippen molar-refractivity contribution in [1.29, 1.82) is 0 Å². The Kier molecular flexibility index (Phi) is 7.06. The van der Waals surface area contributed by atoms with Crippen LogP contribution in [0.15, 0.2) is 130 Å². The summed E-state index contributed by atoms with van der Waals surface area (Å²) >= 11 is 0. The summed E-state index contributed by atoms with van der Waals surface area (Å²) in [6.45, 7) is 0. The van der Waals surface area contributed by atoms with Crippen molar-refractivity contribution in [1.82, 2.24) is 0 Å². The Morgan fingerprint density at radius 2 is 1.23 bits per heavy atom. The second kappa shape index (κ2) is 11.8. The van der Waals surface area contributed by atoms with Gasteiger partial charge in [-0.1, -0.05) is 109 Å². The molecule has 0 amide bonds. The van der Waals surface area contributed by atoms with E-state index in [1.165, 1.54) is 84.1 Å². The summed E-state index contributed by atoms with van der Waals surface area (Å²) < 4.78 is 0. The van der Waals surface area contributed by atoms with Gasteiger partial charge >= 0.3 is 0 Å². The first-order chi connectivity index (χ1) is 23.8. The van der Waals surface area contributed by atoms with E-state index in [1.807, 2.05) is 0 Å². The van der Waals surface area contributed by atoms with E-state index < -0.39 is 0 Å². The van der Waals surface area contributed by atoms with Crippen molar-refractivity contribution in [3.05, 3.63) is 162 Å². The van der Waals surface area contributed by atoms with E-state index in [-0.39, 0.29) is 0 Å². The zero-order chi connectivity index (χ0) is 31.6. The average molecular weight is 623 g/mol. The van der Waals surface area contributed by atoms with E-state index in [9.17, 15) is 0 Å². The number of fused-ring (bicyclic) bond motifs is 10. The Morgan fingerprint density at radius 3 is 2.02 bits per heavy atom. The molecule has 0 saturated heterocycles. The highest BCUT2D eigenvalue weighted by molar-refractivity contribution is 5.71. The second-order valence-corrected chi connectivity index (χ2v) is 15.4. The Morgan fingerprint density at radius 1 is 0.521 bits per heavy atom. The van der Waals surface area contributed by atoms with Gasteiger partial charge in [-0.3, -0.25) is 0 Å². The van der Waals surface area contributed by atoms with Gasteiger partial charge in [-0.25, -0.2) is 0 Å². The molecule has 0 radical (unpaired) electrons. The third-order valence-electron chi connectivity index (χ3n) is 12.8. The molecule has 4 unspecified atom stereocenters. The van der Waals surface area contributed by atoms with Crippen molar-refractivity contribution >= 4 is 24.3 Å². The first kappa shape index (κ1) is 28.8. The van der Waals surface area contributed by atoms with Crippen LogP contribution in [0.1, 0.15) is 86.5 Å². The number of rotatable bonds is 3. The lowest BCUT2D eigenvalue weighted by Crippen LogP contribution is -2.38. The maximum absolute atomic E-state index is 2.67. The van der Waals surface area contributed by atoms with Crippen LogP contribution in [0.25, 0.3) is 24.3 Å². The van der Waals surface area contributed by atoms with Gasteiger partial charge in [0.15, 0.2) is 0 Å². The molecule has 0 heteroatoms. The summed E-state index contributed by atoms with van der Waals surface area (Å²) in [6, 6.07) is 0. The third-order valence-corrected chi connectivity index (χ3v) is 12.8. The summed E-state index contributed by atoms with van der Waals surface area (Å²) in [6.07, 6.45) is 58.8. The van der Waals surface area contributed by atoms with Gasteiger partial charge in [-0.2, -0.15) is 0 Å². The summed E-state index contributed by atoms with van der Waals surface area (Å²) in [5, 5.41) is 3.03. The summed E-state index contributed by atoms with van der Waals surface area (Å²) in [7, 11) is 0. The Balaban J connectivity index is 0.930. The van der Waals surface area contributed by atoms with Gasteiger partial charge in [0.25, 0.3) is 0 Å². The van der Waals surface area contributed by atoms with Crippen LogP contribution in [0.5, 0.6) is 0 Å². The minimum Gasteiger partial charge on any atom is -0.0839 e. The molecule has 9 aliphatic carbocycles. The second-order valence-electron chi connectivity index (χ2n) is 15.4. The Labute approximate surface area is 286 Å². The molecule has 0 nitrogen and oxygen atoms in total. The van der Waals surface area contributed by atoms with Crippen molar-refractivity contribution in [2.24, 2.45) is 23.7 Å². The van der Waals surface area contributed by atoms with Crippen LogP contribution in [-0.4, -0.2) is 0 Å². The van der Waals surface area contributed by atoms with Gasteiger partial charge in [0, 0.05) is 11.8 Å². The van der Waals surface area contributed by atoms with Crippen LogP contribution in [-0.2, 0) is 12.8 Å². The molecule has 0 fully saturated rings. The lowest BCUT2D eigenvalue weighted by Gasteiger charge is -2.39. The predicted molar refractivity (Wildman–Crippen MR) is 203 cm³/mol. The molecule has 1 aromatic rings. The molecule has 48 heavy (non-hydrogen) atoms. The molecule has 0 saturated carbocycles. The largest absolute Gasteiger partial charge is 0.0839 e. The molecular weight excluding hydrogens is 577 g/mol. The van der Waals surface area contributed by atoms with Gasteiger partial charge in [-0.05, 0) is 166 Å². The van der Waals surface area contributed by atoms with Gasteiger partial charge in [0.05, 0.1) is 0 Å². The monoisotopic (exact) mass is 622 g/mol. The number of hydrogen-bond acceptors (Lipinski definition) is 0. The Bertz CT molecular complexity index is 2130. The molecule has 0 heterocycles. The van der Waals surface area contributed by atoms with Crippen molar-refractivity contribution in [2.45, 2.75) is 77.0 Å². The molecule has 10 rings (SSSR count). The highest BCUT2D eigenvalue weighted by Gasteiger charge is 2.36. The fourth-order valence-electron chi connectivity index (χ4n) is 10.5. The predicted octanol–water partition coefficient (Wildman–Crippen LogP) is 10.4. The molecule has 0 aromatic heterocycles. The van der Waals surface area contributed by atoms with Crippen molar-refractivity contribution < 1.29 is 0 Å². The van der Waals surface area contributed by atoms with Crippen molar-refractivity contribution in [3.63, 3.8) is 0 Å². The summed E-state index contributed by atoms with van der Waals surface area (Å²) in [5.41, 5.74) is 18.8. The standard InChI is InChI=1S/C48H46/c1-3-19-41-37(15-1)39-17-5-7-21-43(39)47-29-35(23-25-45(41)47)33-13-9-11-31(27-33)32-12-10-14-34(28-32)36-24-26-46-42-20-4-2-16-38(42)40-18-6-8-22-44(40)48(46)30-36/h3-4,7-9,11,13-14,19-22,24-26,28-30,33,35,46,48H,1-2,5-6,10,12,15-18,23,27H2. The lowest BCUT2D eigenvalue weighted by molar-refractivity contribution is 0.499. The molecule has 0 bridgehead atoms. The number of benzene rings is 1. The van der Waals surface area contributed by atoms with E-state index in [1.54, 1.807) is 44.6 Å². The van der Waals surface area contributed by atoms with Crippen LogP contribution in [0, 0.1) is 23.7 Å². The fourth-order valence-corrected chi connectivity index (χ4v) is 10.5. The van der Waals surface area contributed by atoms with Crippen molar-refractivity contribution in [3.8, 4) is 0 Å². The molecule has 238 valence electrons. The van der Waals surface area contributed by atoms with E-state index in [0.29, 0.717) is 23.7 Å². The van der Waals surface area contributed by atoms with E-state index in [4.69, 9.17) is 0 Å². The number of hydrogen-bond donors (Lipinski definition) is 0. The zero-order valence-corrected chi connectivity index (χ0v) is 28.2. The zero-order valence-electron chi connectivity index (χ0n) is 28.2. The normalized spacial score (nSPS) is 29.2. The van der Waals surface area contributed by atoms with Gasteiger partial charge in [0.1, 0.15) is 0 Å². The van der Waals surface area contributed by atoms with E-state index in [0.717, 1.165) is 25.7 Å². The highest BCUT2D eigenvalue weighted by atomic mass is 14.4. The fraction of sp³-hybridized carbons (Fsp3) is 0.333. The van der Waals surface area contributed by atoms with Gasteiger partial charge < -0.3 is 0 Å². The lowest BCUT2D eigenvalue weighted by atomic mass is 9.65. The van der Waals surface area contributed by atoms with Crippen LogP contribution in [0.3, 0.4) is 0 Å². The third kappa shape index (κ3) is 4.70. The molecule has 0 N–H and O–H groups in total. The summed E-state index contributed by atoms with van der Waals surface area (Å²) in [5.74, 6) is 2.04. The molecule has 9 aliphatic rings. The van der Waals surface area contributed by atoms with Crippen molar-refractivity contribution in [2.75, 3.05) is 0 Å².